The molecule has 1 aliphatic heterocycles. The molecule has 4 rings (SSSR count). The molecule has 1 aliphatic rings. The van der Waals surface area contributed by atoms with Crippen molar-refractivity contribution in [2.75, 3.05) is 0 Å². The highest BCUT2D eigenvalue weighted by Gasteiger charge is 2.23. The Hall–Kier alpha value is -2.48. The van der Waals surface area contributed by atoms with E-state index in [0.29, 0.717) is 0 Å². The van der Waals surface area contributed by atoms with Gasteiger partial charge in [0.05, 0.1) is 18.4 Å². The number of fused-ring (bicyclic) bond motifs is 1. The smallest absolute Gasteiger partial charge is 0.226 e. The molecule has 0 aliphatic carbocycles. The van der Waals surface area contributed by atoms with Crippen molar-refractivity contribution in [1.82, 2.24) is 25.1 Å². The lowest BCUT2D eigenvalue weighted by atomic mass is 10.1. The van der Waals surface area contributed by atoms with Gasteiger partial charge >= 0.3 is 0 Å². The zero-order valence-corrected chi connectivity index (χ0v) is 14.0. The highest BCUT2D eigenvalue weighted by molar-refractivity contribution is 7.13. The number of rotatable bonds is 4. The van der Waals surface area contributed by atoms with Gasteiger partial charge in [-0.2, -0.15) is 0 Å². The Labute approximate surface area is 142 Å². The Bertz CT molecular complexity index is 852. The lowest BCUT2D eigenvalue weighted by molar-refractivity contribution is -0.121. The van der Waals surface area contributed by atoms with Crippen molar-refractivity contribution >= 4 is 17.2 Å². The topological polar surface area (TPSA) is 85.8 Å². The normalized spacial score (nSPS) is 16.8. The van der Waals surface area contributed by atoms with E-state index in [0.717, 1.165) is 47.5 Å². The number of hydrogen-bond acceptors (Lipinski definition) is 6. The number of thiazole rings is 1. The van der Waals surface area contributed by atoms with E-state index in [1.54, 1.807) is 6.26 Å². The van der Waals surface area contributed by atoms with Crippen molar-refractivity contribution in [2.24, 2.45) is 0 Å². The zero-order chi connectivity index (χ0) is 16.5. The van der Waals surface area contributed by atoms with Gasteiger partial charge in [0.25, 0.3) is 0 Å². The van der Waals surface area contributed by atoms with E-state index in [1.807, 2.05) is 24.4 Å². The van der Waals surface area contributed by atoms with Gasteiger partial charge in [-0.3, -0.25) is 4.79 Å². The van der Waals surface area contributed by atoms with Crippen LogP contribution >= 0.6 is 11.3 Å². The van der Waals surface area contributed by atoms with Gasteiger partial charge in [-0.05, 0) is 25.5 Å². The first-order valence-electron chi connectivity index (χ1n) is 7.85. The number of carbonyl (C=O) groups excluding carboxylic acids is 1. The maximum absolute atomic E-state index is 12.3. The van der Waals surface area contributed by atoms with Crippen molar-refractivity contribution in [3.63, 3.8) is 0 Å². The maximum Gasteiger partial charge on any atom is 0.226 e. The van der Waals surface area contributed by atoms with Gasteiger partial charge in [0, 0.05) is 24.4 Å². The molecule has 3 aromatic heterocycles. The van der Waals surface area contributed by atoms with Crippen molar-refractivity contribution in [2.45, 2.75) is 38.8 Å². The third-order valence-electron chi connectivity index (χ3n) is 4.12. The van der Waals surface area contributed by atoms with E-state index in [4.69, 9.17) is 4.42 Å². The summed E-state index contributed by atoms with van der Waals surface area (Å²) < 4.78 is 7.40. The minimum atomic E-state index is -0.00882. The summed E-state index contributed by atoms with van der Waals surface area (Å²) in [6, 6.07) is 3.81. The standard InChI is InChI=1S/C16H17N5O2S/c1-10-19-20-14-5-4-11(8-21(10)14)17-15(22)7-12-9-24-16(18-12)13-3-2-6-23-13/h2-3,6,9,11H,4-5,7-8H2,1H3,(H,17,22)/t11-/m1/s1. The van der Waals surface area contributed by atoms with E-state index in [9.17, 15) is 4.79 Å². The molecule has 7 nitrogen and oxygen atoms in total. The fourth-order valence-corrected chi connectivity index (χ4v) is 3.71. The molecule has 1 amide bonds. The lowest BCUT2D eigenvalue weighted by Crippen LogP contribution is -2.41. The van der Waals surface area contributed by atoms with Gasteiger partial charge in [0.1, 0.15) is 11.6 Å². The first kappa shape index (κ1) is 15.1. The summed E-state index contributed by atoms with van der Waals surface area (Å²) in [7, 11) is 0. The Morgan fingerprint density at radius 3 is 3.25 bits per heavy atom. The Kier molecular flexibility index (Phi) is 3.89. The third kappa shape index (κ3) is 2.96. The van der Waals surface area contributed by atoms with Gasteiger partial charge in [-0.15, -0.1) is 21.5 Å². The first-order chi connectivity index (χ1) is 11.7. The quantitative estimate of drug-likeness (QED) is 0.783. The second kappa shape index (κ2) is 6.20. The molecule has 1 atom stereocenters. The molecular formula is C16H17N5O2S. The minimum absolute atomic E-state index is 0.00882. The van der Waals surface area contributed by atoms with Gasteiger partial charge in [-0.25, -0.2) is 4.98 Å². The van der Waals surface area contributed by atoms with Crippen LogP contribution in [0.3, 0.4) is 0 Å². The van der Waals surface area contributed by atoms with E-state index in [2.05, 4.69) is 25.1 Å². The summed E-state index contributed by atoms with van der Waals surface area (Å²) in [6.07, 6.45) is 3.62. The van der Waals surface area contributed by atoms with Gasteiger partial charge in [0.2, 0.25) is 5.91 Å². The van der Waals surface area contributed by atoms with Crippen molar-refractivity contribution < 1.29 is 9.21 Å². The lowest BCUT2D eigenvalue weighted by Gasteiger charge is -2.24. The number of aromatic nitrogens is 4. The average molecular weight is 343 g/mol. The second-order valence-corrected chi connectivity index (χ2v) is 6.73. The SMILES string of the molecule is Cc1nnc2n1C[C@H](NC(=O)Cc1csc(-c3ccco3)n1)CC2. The first-order valence-corrected chi connectivity index (χ1v) is 8.73. The van der Waals surface area contributed by atoms with Gasteiger partial charge < -0.3 is 14.3 Å². The Balaban J connectivity index is 1.37. The van der Waals surface area contributed by atoms with E-state index < -0.39 is 0 Å². The van der Waals surface area contributed by atoms with Crippen molar-refractivity contribution in [3.05, 3.63) is 41.1 Å². The van der Waals surface area contributed by atoms with Gasteiger partial charge in [-0.1, -0.05) is 0 Å². The van der Waals surface area contributed by atoms with Crippen LogP contribution in [-0.2, 0) is 24.2 Å². The molecule has 0 saturated heterocycles. The van der Waals surface area contributed by atoms with E-state index in [-0.39, 0.29) is 18.4 Å². The predicted octanol–water partition coefficient (Wildman–Crippen LogP) is 1.98. The molecule has 124 valence electrons. The molecule has 0 radical (unpaired) electrons. The van der Waals surface area contributed by atoms with Crippen LogP contribution in [0.2, 0.25) is 0 Å². The molecule has 0 spiro atoms. The summed E-state index contributed by atoms with van der Waals surface area (Å²) >= 11 is 1.48. The largest absolute Gasteiger partial charge is 0.462 e. The van der Waals surface area contributed by atoms with E-state index in [1.165, 1.54) is 11.3 Å². The minimum Gasteiger partial charge on any atom is -0.462 e. The molecule has 4 heterocycles. The molecule has 0 saturated carbocycles. The third-order valence-corrected chi connectivity index (χ3v) is 5.03. The summed E-state index contributed by atoms with van der Waals surface area (Å²) in [5.41, 5.74) is 0.765. The number of aryl methyl sites for hydroxylation is 2. The zero-order valence-electron chi connectivity index (χ0n) is 13.2. The second-order valence-electron chi connectivity index (χ2n) is 5.88. The molecule has 0 fully saturated rings. The van der Waals surface area contributed by atoms with Crippen LogP contribution in [0.25, 0.3) is 10.8 Å². The monoisotopic (exact) mass is 343 g/mol. The van der Waals surface area contributed by atoms with Gasteiger partial charge in [0.15, 0.2) is 10.8 Å². The Morgan fingerprint density at radius 1 is 1.50 bits per heavy atom. The highest BCUT2D eigenvalue weighted by Crippen LogP contribution is 2.24. The average Bonchev–Trinajstić information content (AvgIpc) is 3.29. The number of nitrogens with zero attached hydrogens (tertiary/aromatic N) is 4. The Morgan fingerprint density at radius 2 is 2.42 bits per heavy atom. The fourth-order valence-electron chi connectivity index (χ4n) is 2.92. The van der Waals surface area contributed by atoms with Crippen LogP contribution in [0.5, 0.6) is 0 Å². The number of amides is 1. The van der Waals surface area contributed by atoms with Crippen LogP contribution < -0.4 is 5.32 Å². The summed E-state index contributed by atoms with van der Waals surface area (Å²) in [5.74, 6) is 2.62. The number of carbonyl (C=O) groups is 1. The van der Waals surface area contributed by atoms with Crippen LogP contribution in [0, 0.1) is 6.92 Å². The number of nitrogens with one attached hydrogen (secondary N) is 1. The molecule has 3 aromatic rings. The summed E-state index contributed by atoms with van der Waals surface area (Å²) in [6.45, 7) is 2.67. The maximum atomic E-state index is 12.3. The number of hydrogen-bond donors (Lipinski definition) is 1. The summed E-state index contributed by atoms with van der Waals surface area (Å²) in [4.78, 5) is 16.8. The van der Waals surface area contributed by atoms with Crippen LogP contribution in [0.4, 0.5) is 0 Å². The van der Waals surface area contributed by atoms with Crippen molar-refractivity contribution in [1.29, 1.82) is 0 Å². The fraction of sp³-hybridized carbons (Fsp3) is 0.375. The van der Waals surface area contributed by atoms with E-state index >= 15 is 0 Å². The predicted molar refractivity (Wildman–Crippen MR) is 88.5 cm³/mol. The summed E-state index contributed by atoms with van der Waals surface area (Å²) in [5, 5.41) is 14.0. The van der Waals surface area contributed by atoms with Crippen LogP contribution in [-0.4, -0.2) is 31.7 Å². The molecule has 24 heavy (non-hydrogen) atoms. The number of furan rings is 1. The molecule has 1 N–H and O–H groups in total. The van der Waals surface area contributed by atoms with Crippen LogP contribution in [0.1, 0.15) is 23.8 Å². The van der Waals surface area contributed by atoms with Crippen LogP contribution in [0.15, 0.2) is 28.2 Å². The highest BCUT2D eigenvalue weighted by atomic mass is 32.1. The molecule has 8 heteroatoms. The molecular weight excluding hydrogens is 326 g/mol. The molecule has 0 aromatic carbocycles. The molecule has 0 unspecified atom stereocenters. The molecule has 0 bridgehead atoms. The van der Waals surface area contributed by atoms with Crippen molar-refractivity contribution in [3.8, 4) is 10.8 Å².